The van der Waals surface area contributed by atoms with Gasteiger partial charge in [0, 0.05) is 0 Å². The molecule has 0 saturated heterocycles. The second-order valence-corrected chi connectivity index (χ2v) is 4.88. The van der Waals surface area contributed by atoms with Gasteiger partial charge in [0.1, 0.15) is 11.4 Å². The predicted octanol–water partition coefficient (Wildman–Crippen LogP) is 3.99. The van der Waals surface area contributed by atoms with E-state index in [1.807, 2.05) is 24.3 Å². The van der Waals surface area contributed by atoms with Gasteiger partial charge in [0.2, 0.25) is 0 Å². The molecule has 1 aliphatic rings. The number of carbonyl (C=O) groups excluding carboxylic acids is 1. The van der Waals surface area contributed by atoms with Crippen molar-refractivity contribution >= 4 is 5.78 Å². The summed E-state index contributed by atoms with van der Waals surface area (Å²) in [5, 5.41) is 0. The first kappa shape index (κ1) is 12.2. The predicted molar refractivity (Wildman–Crippen MR) is 68.6 cm³/mol. The highest BCUT2D eigenvalue weighted by atomic mass is 16.5. The summed E-state index contributed by atoms with van der Waals surface area (Å²) >= 11 is 0. The molecule has 17 heavy (non-hydrogen) atoms. The largest absolute Gasteiger partial charge is 0.486 e. The lowest BCUT2D eigenvalue weighted by Gasteiger charge is -2.38. The van der Waals surface area contributed by atoms with E-state index in [-0.39, 0.29) is 11.4 Å². The van der Waals surface area contributed by atoms with E-state index in [0.29, 0.717) is 6.42 Å². The Labute approximate surface area is 103 Å². The lowest BCUT2D eigenvalue weighted by molar-refractivity contribution is 0.0271. The monoisotopic (exact) mass is 232 g/mol. The summed E-state index contributed by atoms with van der Waals surface area (Å²) in [7, 11) is 0. The summed E-state index contributed by atoms with van der Waals surface area (Å²) in [5.74, 6) is 0.999. The van der Waals surface area contributed by atoms with Crippen molar-refractivity contribution in [3.05, 3.63) is 29.8 Å². The number of Topliss-reactive ketones (excluding diaryl/α,β-unsaturated/α-hetero) is 1. The van der Waals surface area contributed by atoms with E-state index in [4.69, 9.17) is 4.74 Å². The molecule has 0 bridgehead atoms. The highest BCUT2D eigenvalue weighted by Gasteiger charge is 2.38. The molecule has 2 heteroatoms. The van der Waals surface area contributed by atoms with Crippen LogP contribution in [0.15, 0.2) is 24.3 Å². The van der Waals surface area contributed by atoms with Gasteiger partial charge >= 0.3 is 0 Å². The first-order valence-electron chi connectivity index (χ1n) is 6.52. The summed E-state index contributed by atoms with van der Waals surface area (Å²) in [6.45, 7) is 4.29. The highest BCUT2D eigenvalue weighted by Crippen LogP contribution is 2.38. The van der Waals surface area contributed by atoms with Gasteiger partial charge in [-0.1, -0.05) is 38.8 Å². The number of ketones is 1. The van der Waals surface area contributed by atoms with E-state index in [9.17, 15) is 4.79 Å². The number of para-hydroxylation sites is 1. The molecule has 1 heterocycles. The molecule has 0 amide bonds. The Bertz CT molecular complexity index is 403. The van der Waals surface area contributed by atoms with Crippen LogP contribution >= 0.6 is 0 Å². The van der Waals surface area contributed by atoms with Crippen molar-refractivity contribution in [2.45, 2.75) is 51.6 Å². The zero-order valence-corrected chi connectivity index (χ0v) is 10.7. The molecule has 0 fully saturated rings. The molecular weight excluding hydrogens is 212 g/mol. The molecule has 1 aromatic rings. The third-order valence-electron chi connectivity index (χ3n) is 3.41. The minimum atomic E-state index is -0.255. The molecule has 92 valence electrons. The van der Waals surface area contributed by atoms with Crippen LogP contribution in [0.3, 0.4) is 0 Å². The lowest BCUT2D eigenvalue weighted by atomic mass is 9.83. The second kappa shape index (κ2) is 4.91. The Morgan fingerprint density at radius 2 is 1.82 bits per heavy atom. The topological polar surface area (TPSA) is 26.3 Å². The molecule has 0 unspecified atom stereocenters. The van der Waals surface area contributed by atoms with Gasteiger partial charge in [-0.2, -0.15) is 0 Å². The Morgan fingerprint density at radius 1 is 1.18 bits per heavy atom. The zero-order chi connectivity index (χ0) is 12.3. The first-order chi connectivity index (χ1) is 8.21. The number of rotatable bonds is 4. The van der Waals surface area contributed by atoms with Crippen LogP contribution in [-0.4, -0.2) is 11.4 Å². The summed E-state index contributed by atoms with van der Waals surface area (Å²) in [4.78, 5) is 12.2. The van der Waals surface area contributed by atoms with Crippen LogP contribution < -0.4 is 4.74 Å². The molecule has 0 spiro atoms. The molecule has 0 radical (unpaired) electrons. The third-order valence-corrected chi connectivity index (χ3v) is 3.41. The van der Waals surface area contributed by atoms with Crippen LogP contribution in [0, 0.1) is 0 Å². The fourth-order valence-corrected chi connectivity index (χ4v) is 2.76. The second-order valence-electron chi connectivity index (χ2n) is 4.88. The van der Waals surface area contributed by atoms with Crippen molar-refractivity contribution in [2.24, 2.45) is 0 Å². The van der Waals surface area contributed by atoms with Crippen LogP contribution in [0.25, 0.3) is 0 Å². The number of carbonyl (C=O) groups is 1. The number of hydrogen-bond donors (Lipinski definition) is 0. The Hall–Kier alpha value is -1.31. The van der Waals surface area contributed by atoms with Gasteiger partial charge in [-0.15, -0.1) is 0 Å². The van der Waals surface area contributed by atoms with Crippen molar-refractivity contribution in [3.63, 3.8) is 0 Å². The van der Waals surface area contributed by atoms with Crippen LogP contribution in [0.5, 0.6) is 5.75 Å². The molecule has 0 aromatic heterocycles. The van der Waals surface area contributed by atoms with Crippen LogP contribution in [-0.2, 0) is 0 Å². The van der Waals surface area contributed by atoms with E-state index in [1.165, 1.54) is 0 Å². The maximum atomic E-state index is 12.2. The smallest absolute Gasteiger partial charge is 0.170 e. The van der Waals surface area contributed by atoms with Gasteiger partial charge in [0.05, 0.1) is 12.0 Å². The van der Waals surface area contributed by atoms with Crippen LogP contribution in [0.2, 0.25) is 0 Å². The SMILES string of the molecule is CCCC1(CCC)CC(=O)c2ccccc2O1. The Balaban J connectivity index is 2.33. The summed E-state index contributed by atoms with van der Waals surface area (Å²) in [6.07, 6.45) is 4.55. The molecule has 2 nitrogen and oxygen atoms in total. The molecule has 0 aliphatic carbocycles. The van der Waals surface area contributed by atoms with Crippen molar-refractivity contribution in [2.75, 3.05) is 0 Å². The number of fused-ring (bicyclic) bond motifs is 1. The first-order valence-corrected chi connectivity index (χ1v) is 6.52. The van der Waals surface area contributed by atoms with Crippen molar-refractivity contribution < 1.29 is 9.53 Å². The Morgan fingerprint density at radius 3 is 2.47 bits per heavy atom. The fourth-order valence-electron chi connectivity index (χ4n) is 2.76. The van der Waals surface area contributed by atoms with Gasteiger partial charge in [-0.25, -0.2) is 0 Å². The Kier molecular flexibility index (Phi) is 3.51. The van der Waals surface area contributed by atoms with E-state index in [0.717, 1.165) is 37.0 Å². The standard InChI is InChI=1S/C15H20O2/c1-3-9-15(10-4-2)11-13(16)12-7-5-6-8-14(12)17-15/h5-8H,3-4,9-11H2,1-2H3. The van der Waals surface area contributed by atoms with Gasteiger partial charge < -0.3 is 4.74 Å². The van der Waals surface area contributed by atoms with Crippen molar-refractivity contribution in [1.29, 1.82) is 0 Å². The summed E-state index contributed by atoms with van der Waals surface area (Å²) in [6, 6.07) is 7.60. The molecule has 2 rings (SSSR count). The lowest BCUT2D eigenvalue weighted by Crippen LogP contribution is -2.41. The normalized spacial score (nSPS) is 17.4. The number of benzene rings is 1. The average molecular weight is 232 g/mol. The average Bonchev–Trinajstić information content (AvgIpc) is 2.29. The van der Waals surface area contributed by atoms with E-state index in [1.54, 1.807) is 0 Å². The molecule has 1 aliphatic heterocycles. The van der Waals surface area contributed by atoms with E-state index in [2.05, 4.69) is 13.8 Å². The molecule has 0 saturated carbocycles. The van der Waals surface area contributed by atoms with Gasteiger partial charge in [-0.05, 0) is 25.0 Å². The van der Waals surface area contributed by atoms with Crippen molar-refractivity contribution in [1.82, 2.24) is 0 Å². The maximum Gasteiger partial charge on any atom is 0.170 e. The summed E-state index contributed by atoms with van der Waals surface area (Å²) < 4.78 is 6.15. The fraction of sp³-hybridized carbons (Fsp3) is 0.533. The summed E-state index contributed by atoms with van der Waals surface area (Å²) in [5.41, 5.74) is 0.491. The zero-order valence-electron chi connectivity index (χ0n) is 10.7. The molecule has 0 N–H and O–H groups in total. The molecule has 0 atom stereocenters. The molecule has 1 aromatic carbocycles. The van der Waals surface area contributed by atoms with E-state index < -0.39 is 0 Å². The minimum absolute atomic E-state index is 0.230. The van der Waals surface area contributed by atoms with Crippen LogP contribution in [0.1, 0.15) is 56.3 Å². The maximum absolute atomic E-state index is 12.2. The highest BCUT2D eigenvalue weighted by molar-refractivity contribution is 6.00. The molecular formula is C15H20O2. The number of ether oxygens (including phenoxy) is 1. The quantitative estimate of drug-likeness (QED) is 0.784. The van der Waals surface area contributed by atoms with Gasteiger partial charge in [-0.3, -0.25) is 4.79 Å². The van der Waals surface area contributed by atoms with Gasteiger partial charge in [0.15, 0.2) is 5.78 Å². The number of hydrogen-bond acceptors (Lipinski definition) is 2. The van der Waals surface area contributed by atoms with E-state index >= 15 is 0 Å². The van der Waals surface area contributed by atoms with Crippen molar-refractivity contribution in [3.8, 4) is 5.75 Å². The van der Waals surface area contributed by atoms with Gasteiger partial charge in [0.25, 0.3) is 0 Å². The van der Waals surface area contributed by atoms with Crippen LogP contribution in [0.4, 0.5) is 0 Å². The third kappa shape index (κ3) is 2.36. The minimum Gasteiger partial charge on any atom is -0.486 e.